The summed E-state index contributed by atoms with van der Waals surface area (Å²) in [6.07, 6.45) is 3.02. The van der Waals surface area contributed by atoms with Crippen LogP contribution >= 0.6 is 0 Å². The second-order valence-electron chi connectivity index (χ2n) is 5.08. The van der Waals surface area contributed by atoms with Crippen molar-refractivity contribution in [2.24, 2.45) is 4.99 Å². The monoisotopic (exact) mass is 300 g/mol. The van der Waals surface area contributed by atoms with Crippen molar-refractivity contribution in [1.82, 2.24) is 4.90 Å². The highest BCUT2D eigenvalue weighted by Gasteiger charge is 2.09. The van der Waals surface area contributed by atoms with E-state index in [2.05, 4.69) is 49.3 Å². The highest BCUT2D eigenvalue weighted by molar-refractivity contribution is 5.80. The zero-order valence-corrected chi connectivity index (χ0v) is 14.0. The van der Waals surface area contributed by atoms with E-state index < -0.39 is 0 Å². The smallest absolute Gasteiger partial charge is 0.0735 e. The maximum absolute atomic E-state index is 5.90. The SMILES string of the molecule is C=N/C(=C\C(=C)N(CC)CC)c1ccc(N)cc1NCCC. The second-order valence-corrected chi connectivity index (χ2v) is 5.08. The number of hydrogen-bond acceptors (Lipinski definition) is 4. The first-order valence-electron chi connectivity index (χ1n) is 7.83. The van der Waals surface area contributed by atoms with Crippen molar-refractivity contribution in [1.29, 1.82) is 0 Å². The number of nitrogen functional groups attached to an aromatic ring is 1. The molecular formula is C18H28N4. The summed E-state index contributed by atoms with van der Waals surface area (Å²) in [5.74, 6) is 0. The molecule has 1 aromatic carbocycles. The molecule has 0 heterocycles. The van der Waals surface area contributed by atoms with Crippen LogP contribution in [-0.2, 0) is 0 Å². The van der Waals surface area contributed by atoms with Crippen molar-refractivity contribution in [3.05, 3.63) is 42.1 Å². The lowest BCUT2D eigenvalue weighted by Gasteiger charge is -2.22. The molecule has 22 heavy (non-hydrogen) atoms. The van der Waals surface area contributed by atoms with E-state index in [0.29, 0.717) is 0 Å². The molecule has 0 spiro atoms. The van der Waals surface area contributed by atoms with Crippen molar-refractivity contribution < 1.29 is 0 Å². The summed E-state index contributed by atoms with van der Waals surface area (Å²) in [4.78, 5) is 6.37. The Balaban J connectivity index is 3.18. The molecule has 0 radical (unpaired) electrons. The molecule has 4 nitrogen and oxygen atoms in total. The number of nitrogens with one attached hydrogen (secondary N) is 1. The van der Waals surface area contributed by atoms with Crippen molar-refractivity contribution in [3.8, 4) is 0 Å². The summed E-state index contributed by atoms with van der Waals surface area (Å²) in [6, 6.07) is 5.79. The molecule has 0 saturated carbocycles. The Morgan fingerprint density at radius 1 is 1.32 bits per heavy atom. The predicted molar refractivity (Wildman–Crippen MR) is 99.2 cm³/mol. The Morgan fingerprint density at radius 3 is 2.55 bits per heavy atom. The zero-order valence-electron chi connectivity index (χ0n) is 14.0. The van der Waals surface area contributed by atoms with Crippen molar-refractivity contribution in [3.63, 3.8) is 0 Å². The number of benzene rings is 1. The van der Waals surface area contributed by atoms with Gasteiger partial charge < -0.3 is 16.0 Å². The van der Waals surface area contributed by atoms with Crippen LogP contribution < -0.4 is 11.1 Å². The van der Waals surface area contributed by atoms with Crippen LogP contribution in [0.5, 0.6) is 0 Å². The Bertz CT molecular complexity index is 542. The topological polar surface area (TPSA) is 53.6 Å². The van der Waals surface area contributed by atoms with Gasteiger partial charge in [0.05, 0.1) is 5.70 Å². The van der Waals surface area contributed by atoms with Crippen LogP contribution in [0.2, 0.25) is 0 Å². The fourth-order valence-corrected chi connectivity index (χ4v) is 2.28. The van der Waals surface area contributed by atoms with E-state index in [1.165, 1.54) is 0 Å². The van der Waals surface area contributed by atoms with Gasteiger partial charge in [-0.3, -0.25) is 4.99 Å². The first kappa shape index (κ1) is 17.8. The third-order valence-electron chi connectivity index (χ3n) is 3.53. The second kappa shape index (κ2) is 8.93. The number of anilines is 2. The highest BCUT2D eigenvalue weighted by Crippen LogP contribution is 2.28. The lowest BCUT2D eigenvalue weighted by Crippen LogP contribution is -2.20. The summed E-state index contributed by atoms with van der Waals surface area (Å²) >= 11 is 0. The number of aliphatic imine (C=N–C) groups is 1. The number of rotatable bonds is 9. The normalized spacial score (nSPS) is 11.1. The van der Waals surface area contributed by atoms with Gasteiger partial charge in [0.15, 0.2) is 0 Å². The molecule has 3 N–H and O–H groups in total. The van der Waals surface area contributed by atoms with Gasteiger partial charge in [0.1, 0.15) is 0 Å². The summed E-state index contributed by atoms with van der Waals surface area (Å²) in [6.45, 7) is 16.9. The van der Waals surface area contributed by atoms with Crippen LogP contribution in [0.15, 0.2) is 41.5 Å². The van der Waals surface area contributed by atoms with Crippen LogP contribution in [-0.4, -0.2) is 31.3 Å². The van der Waals surface area contributed by atoms with Crippen molar-refractivity contribution in [2.45, 2.75) is 27.2 Å². The summed E-state index contributed by atoms with van der Waals surface area (Å²) in [5, 5.41) is 3.40. The van der Waals surface area contributed by atoms with Crippen LogP contribution in [0.1, 0.15) is 32.8 Å². The molecule has 0 aliphatic heterocycles. The fraction of sp³-hybridized carbons (Fsp3) is 0.389. The van der Waals surface area contributed by atoms with Crippen LogP contribution in [0.25, 0.3) is 5.70 Å². The standard InChI is InChI=1S/C18H28N4/c1-6-11-21-18-13-15(19)9-10-16(18)17(20-5)12-14(4)22(7-2)8-3/h9-10,12-13,21H,4-8,11,19H2,1-3H3/b17-12-. The third-order valence-corrected chi connectivity index (χ3v) is 3.53. The molecule has 0 saturated heterocycles. The van der Waals surface area contributed by atoms with Gasteiger partial charge in [-0.25, -0.2) is 0 Å². The van der Waals surface area contributed by atoms with Crippen LogP contribution in [0.3, 0.4) is 0 Å². The average Bonchev–Trinajstić information content (AvgIpc) is 2.52. The first-order chi connectivity index (χ1) is 10.6. The number of nitrogens with zero attached hydrogens (tertiary/aromatic N) is 2. The molecule has 120 valence electrons. The van der Waals surface area contributed by atoms with Gasteiger partial charge in [0, 0.05) is 42.3 Å². The number of allylic oxidation sites excluding steroid dienone is 1. The maximum atomic E-state index is 5.90. The molecule has 1 aromatic rings. The lowest BCUT2D eigenvalue weighted by molar-refractivity contribution is 0.396. The summed E-state index contributed by atoms with van der Waals surface area (Å²) < 4.78 is 0. The van der Waals surface area contributed by atoms with E-state index in [0.717, 1.165) is 54.4 Å². The maximum Gasteiger partial charge on any atom is 0.0735 e. The molecule has 0 bridgehead atoms. The van der Waals surface area contributed by atoms with Gasteiger partial charge in [-0.1, -0.05) is 13.5 Å². The van der Waals surface area contributed by atoms with E-state index >= 15 is 0 Å². The molecule has 0 aromatic heterocycles. The van der Waals surface area contributed by atoms with E-state index in [9.17, 15) is 0 Å². The molecule has 0 aliphatic rings. The molecule has 0 fully saturated rings. The number of hydrogen-bond donors (Lipinski definition) is 2. The van der Waals surface area contributed by atoms with Crippen LogP contribution in [0.4, 0.5) is 11.4 Å². The highest BCUT2D eigenvalue weighted by atomic mass is 15.1. The van der Waals surface area contributed by atoms with Gasteiger partial charge in [-0.05, 0) is 51.3 Å². The first-order valence-corrected chi connectivity index (χ1v) is 7.83. The lowest BCUT2D eigenvalue weighted by atomic mass is 10.1. The Labute approximate surface area is 134 Å². The van der Waals surface area contributed by atoms with Gasteiger partial charge >= 0.3 is 0 Å². The molecule has 0 aliphatic carbocycles. The quantitative estimate of drug-likeness (QED) is 0.412. The molecule has 1 rings (SSSR count). The summed E-state index contributed by atoms with van der Waals surface area (Å²) in [7, 11) is 0. The minimum absolute atomic E-state index is 0.730. The molecule has 4 heteroatoms. The van der Waals surface area contributed by atoms with E-state index in [1.54, 1.807) is 0 Å². The molecule has 0 unspecified atom stereocenters. The number of nitrogens with two attached hydrogens (primary N) is 1. The van der Waals surface area contributed by atoms with Gasteiger partial charge in [-0.2, -0.15) is 0 Å². The van der Waals surface area contributed by atoms with E-state index in [-0.39, 0.29) is 0 Å². The summed E-state index contributed by atoms with van der Waals surface area (Å²) in [5.41, 5.74) is 10.3. The van der Waals surface area contributed by atoms with E-state index in [4.69, 9.17) is 5.73 Å². The van der Waals surface area contributed by atoms with Crippen molar-refractivity contribution in [2.75, 3.05) is 30.7 Å². The zero-order chi connectivity index (χ0) is 16.5. The van der Waals surface area contributed by atoms with Crippen LogP contribution in [0, 0.1) is 0 Å². The van der Waals surface area contributed by atoms with Gasteiger partial charge in [0.2, 0.25) is 0 Å². The Kier molecular flexibility index (Phi) is 7.23. The number of likely N-dealkylation sites (N-methyl/N-ethyl adjacent to an activating group) is 1. The third kappa shape index (κ3) is 4.65. The largest absolute Gasteiger partial charge is 0.399 e. The molecule has 0 atom stereocenters. The van der Waals surface area contributed by atoms with Gasteiger partial charge in [0.25, 0.3) is 0 Å². The van der Waals surface area contributed by atoms with Crippen molar-refractivity contribution >= 4 is 23.8 Å². The molecule has 0 amide bonds. The Morgan fingerprint density at radius 2 is 2.00 bits per heavy atom. The minimum atomic E-state index is 0.730. The van der Waals surface area contributed by atoms with Gasteiger partial charge in [-0.15, -0.1) is 0 Å². The average molecular weight is 300 g/mol. The van der Waals surface area contributed by atoms with E-state index in [1.807, 2.05) is 24.3 Å². The predicted octanol–water partition coefficient (Wildman–Crippen LogP) is 3.99. The molecular weight excluding hydrogens is 272 g/mol. The fourth-order valence-electron chi connectivity index (χ4n) is 2.28. The Hall–Kier alpha value is -2.23. The minimum Gasteiger partial charge on any atom is -0.399 e.